The van der Waals surface area contributed by atoms with Crippen LogP contribution in [0.15, 0.2) is 72.3 Å². The van der Waals surface area contributed by atoms with Gasteiger partial charge in [-0.15, -0.1) is 0 Å². The molecule has 1 fully saturated rings. The summed E-state index contributed by atoms with van der Waals surface area (Å²) in [6.07, 6.45) is 1.41. The van der Waals surface area contributed by atoms with Crippen LogP contribution in [-0.4, -0.2) is 22.8 Å². The number of ether oxygens (including phenoxy) is 1. The first kappa shape index (κ1) is 23.4. The zero-order chi connectivity index (χ0) is 25.1. The molecule has 9 heteroatoms. The summed E-state index contributed by atoms with van der Waals surface area (Å²) in [5.41, 5.74) is 3.48. The first-order chi connectivity index (χ1) is 16.7. The quantitative estimate of drug-likeness (QED) is 0.245. The highest BCUT2D eigenvalue weighted by molar-refractivity contribution is 6.39. The van der Waals surface area contributed by atoms with Crippen molar-refractivity contribution in [1.82, 2.24) is 5.32 Å². The van der Waals surface area contributed by atoms with Gasteiger partial charge in [-0.25, -0.2) is 9.69 Å². The molecule has 4 amide bonds. The maximum Gasteiger partial charge on any atom is 0.335 e. The Morgan fingerprint density at radius 2 is 1.63 bits per heavy atom. The molecule has 0 unspecified atom stereocenters. The number of hydrogen-bond donors (Lipinski definition) is 1. The van der Waals surface area contributed by atoms with Crippen molar-refractivity contribution >= 4 is 35.3 Å². The molecule has 0 aromatic heterocycles. The van der Waals surface area contributed by atoms with Gasteiger partial charge in [-0.3, -0.25) is 25.0 Å². The predicted molar refractivity (Wildman–Crippen MR) is 129 cm³/mol. The summed E-state index contributed by atoms with van der Waals surface area (Å²) >= 11 is 0. The first-order valence-corrected chi connectivity index (χ1v) is 10.7. The monoisotopic (exact) mass is 471 g/mol. The molecule has 35 heavy (non-hydrogen) atoms. The molecular formula is C26H21N3O6. The Kier molecular flexibility index (Phi) is 6.41. The summed E-state index contributed by atoms with van der Waals surface area (Å²) in [7, 11) is 0. The number of aryl methyl sites for hydroxylation is 2. The Morgan fingerprint density at radius 3 is 2.26 bits per heavy atom. The highest BCUT2D eigenvalue weighted by Gasteiger charge is 2.36. The van der Waals surface area contributed by atoms with Crippen LogP contribution < -0.4 is 15.0 Å². The number of barbiturate groups is 1. The number of non-ortho nitro benzene ring substituents is 1. The normalized spacial score (nSPS) is 14.7. The molecule has 0 radical (unpaired) electrons. The van der Waals surface area contributed by atoms with Crippen LogP contribution in [0.2, 0.25) is 0 Å². The van der Waals surface area contributed by atoms with Gasteiger partial charge in [-0.2, -0.15) is 0 Å². The molecule has 1 N–H and O–H groups in total. The van der Waals surface area contributed by atoms with Gasteiger partial charge in [0.15, 0.2) is 0 Å². The van der Waals surface area contributed by atoms with Crippen molar-refractivity contribution in [1.29, 1.82) is 0 Å². The molecule has 4 rings (SSSR count). The average molecular weight is 471 g/mol. The van der Waals surface area contributed by atoms with Gasteiger partial charge in [0.1, 0.15) is 17.9 Å². The summed E-state index contributed by atoms with van der Waals surface area (Å²) in [6, 6.07) is 17.1. The van der Waals surface area contributed by atoms with Crippen LogP contribution in [0, 0.1) is 24.0 Å². The van der Waals surface area contributed by atoms with E-state index in [0.717, 1.165) is 21.6 Å². The van der Waals surface area contributed by atoms with Crippen molar-refractivity contribution in [3.05, 3.63) is 105 Å². The van der Waals surface area contributed by atoms with Crippen molar-refractivity contribution in [3.8, 4) is 5.75 Å². The molecule has 3 aromatic rings. The van der Waals surface area contributed by atoms with Crippen molar-refractivity contribution in [3.63, 3.8) is 0 Å². The summed E-state index contributed by atoms with van der Waals surface area (Å²) < 4.78 is 5.70. The number of nitro benzene ring substituents is 1. The van der Waals surface area contributed by atoms with Gasteiger partial charge in [0.2, 0.25) is 0 Å². The fourth-order valence-corrected chi connectivity index (χ4v) is 3.46. The minimum Gasteiger partial charge on any atom is -0.489 e. The highest BCUT2D eigenvalue weighted by atomic mass is 16.6. The average Bonchev–Trinajstić information content (AvgIpc) is 2.83. The van der Waals surface area contributed by atoms with Crippen molar-refractivity contribution in [2.75, 3.05) is 4.90 Å². The Hall–Kier alpha value is -4.79. The van der Waals surface area contributed by atoms with E-state index in [9.17, 15) is 24.5 Å². The fraction of sp³-hybridized carbons (Fsp3) is 0.115. The molecule has 1 saturated heterocycles. The van der Waals surface area contributed by atoms with Gasteiger partial charge in [-0.05, 0) is 78.6 Å². The topological polar surface area (TPSA) is 119 Å². The van der Waals surface area contributed by atoms with Crippen LogP contribution in [0.4, 0.5) is 16.2 Å². The number of hydrogen-bond acceptors (Lipinski definition) is 6. The Bertz CT molecular complexity index is 1360. The largest absolute Gasteiger partial charge is 0.489 e. The lowest BCUT2D eigenvalue weighted by molar-refractivity contribution is -0.384. The molecule has 0 atom stereocenters. The lowest BCUT2D eigenvalue weighted by Gasteiger charge is -2.26. The van der Waals surface area contributed by atoms with Crippen LogP contribution in [0.25, 0.3) is 6.08 Å². The van der Waals surface area contributed by atoms with Crippen molar-refractivity contribution in [2.45, 2.75) is 20.5 Å². The number of carbonyl (C=O) groups excluding carboxylic acids is 3. The standard InChI is InChI=1S/C26H21N3O6/c1-16-3-8-21(13-17(16)2)28-25(31)23(24(30)27-26(28)32)14-18-6-11-22(12-7-18)35-15-19-4-9-20(10-5-19)29(33)34/h3-14H,15H2,1-2H3,(H,27,30,32)/b23-14+. The molecule has 0 saturated carbocycles. The minimum absolute atomic E-state index is 0.00483. The smallest absolute Gasteiger partial charge is 0.335 e. The van der Waals surface area contributed by atoms with Gasteiger partial charge in [0.05, 0.1) is 10.6 Å². The Labute approximate surface area is 200 Å². The summed E-state index contributed by atoms with van der Waals surface area (Å²) in [5.74, 6) is -0.934. The second kappa shape index (κ2) is 9.60. The molecule has 176 valence electrons. The van der Waals surface area contributed by atoms with Gasteiger partial charge < -0.3 is 4.74 Å². The number of urea groups is 1. The van der Waals surface area contributed by atoms with E-state index in [2.05, 4.69) is 5.32 Å². The number of rotatable bonds is 6. The van der Waals surface area contributed by atoms with Crippen LogP contribution >= 0.6 is 0 Å². The Balaban J connectivity index is 1.49. The third-order valence-corrected chi connectivity index (χ3v) is 5.59. The van der Waals surface area contributed by atoms with Crippen LogP contribution in [-0.2, 0) is 16.2 Å². The molecule has 1 aliphatic rings. The fourth-order valence-electron chi connectivity index (χ4n) is 3.46. The lowest BCUT2D eigenvalue weighted by Crippen LogP contribution is -2.54. The molecule has 1 heterocycles. The third-order valence-electron chi connectivity index (χ3n) is 5.59. The summed E-state index contributed by atoms with van der Waals surface area (Å²) in [5, 5.41) is 13.0. The predicted octanol–water partition coefficient (Wildman–Crippen LogP) is 4.46. The summed E-state index contributed by atoms with van der Waals surface area (Å²) in [6.45, 7) is 4.01. The molecule has 9 nitrogen and oxygen atoms in total. The zero-order valence-corrected chi connectivity index (χ0v) is 19.0. The number of anilines is 1. The van der Waals surface area contributed by atoms with E-state index in [4.69, 9.17) is 4.74 Å². The number of nitrogens with zero attached hydrogens (tertiary/aromatic N) is 2. The van der Waals surface area contributed by atoms with Gasteiger partial charge in [-0.1, -0.05) is 18.2 Å². The van der Waals surface area contributed by atoms with Gasteiger partial charge >= 0.3 is 6.03 Å². The van der Waals surface area contributed by atoms with Crippen molar-refractivity contribution in [2.24, 2.45) is 0 Å². The van der Waals surface area contributed by atoms with Crippen LogP contribution in [0.3, 0.4) is 0 Å². The number of nitrogens with one attached hydrogen (secondary N) is 1. The van der Waals surface area contributed by atoms with E-state index in [1.807, 2.05) is 13.8 Å². The van der Waals surface area contributed by atoms with Crippen LogP contribution in [0.1, 0.15) is 22.3 Å². The Morgan fingerprint density at radius 1 is 0.943 bits per heavy atom. The molecular weight excluding hydrogens is 450 g/mol. The van der Waals surface area contributed by atoms with Crippen molar-refractivity contribution < 1.29 is 24.0 Å². The maximum absolute atomic E-state index is 13.0. The number of carbonyl (C=O) groups is 3. The van der Waals surface area contributed by atoms with E-state index in [-0.39, 0.29) is 17.9 Å². The molecule has 0 spiro atoms. The first-order valence-electron chi connectivity index (χ1n) is 10.7. The van der Waals surface area contributed by atoms with E-state index in [1.165, 1.54) is 18.2 Å². The minimum atomic E-state index is -0.796. The second-order valence-electron chi connectivity index (χ2n) is 8.01. The molecule has 3 aromatic carbocycles. The number of nitro groups is 1. The van der Waals surface area contributed by atoms with E-state index in [1.54, 1.807) is 54.6 Å². The van der Waals surface area contributed by atoms with E-state index >= 15 is 0 Å². The zero-order valence-electron chi connectivity index (χ0n) is 19.0. The third kappa shape index (κ3) is 5.09. The molecule has 0 aliphatic carbocycles. The summed E-state index contributed by atoms with van der Waals surface area (Å²) in [4.78, 5) is 49.1. The second-order valence-corrected chi connectivity index (χ2v) is 8.01. The lowest BCUT2D eigenvalue weighted by atomic mass is 10.1. The number of benzene rings is 3. The highest BCUT2D eigenvalue weighted by Crippen LogP contribution is 2.25. The maximum atomic E-state index is 13.0. The van der Waals surface area contributed by atoms with E-state index < -0.39 is 22.8 Å². The molecule has 0 bridgehead atoms. The van der Waals surface area contributed by atoms with Gasteiger partial charge in [0, 0.05) is 12.1 Å². The van der Waals surface area contributed by atoms with Crippen LogP contribution in [0.5, 0.6) is 5.75 Å². The number of imide groups is 2. The molecule has 1 aliphatic heterocycles. The number of amides is 4. The van der Waals surface area contributed by atoms with Gasteiger partial charge in [0.25, 0.3) is 17.5 Å². The van der Waals surface area contributed by atoms with E-state index in [0.29, 0.717) is 17.0 Å². The SMILES string of the molecule is Cc1ccc(N2C(=O)NC(=O)/C(=C\c3ccc(OCc4ccc([N+](=O)[O-])cc4)cc3)C2=O)cc1C.